The van der Waals surface area contributed by atoms with Crippen LogP contribution in [0.4, 0.5) is 0 Å². The zero-order valence-electron chi connectivity index (χ0n) is 12.0. The van der Waals surface area contributed by atoms with Gasteiger partial charge in [-0.1, -0.05) is 13.0 Å². The maximum absolute atomic E-state index is 10.7. The van der Waals surface area contributed by atoms with Crippen LogP contribution in [-0.2, 0) is 4.79 Å². The lowest BCUT2D eigenvalue weighted by molar-refractivity contribution is -0.138. The normalized spacial score (nSPS) is 13.6. The first kappa shape index (κ1) is 16.3. The van der Waals surface area contributed by atoms with Gasteiger partial charge in [-0.25, -0.2) is 0 Å². The molecule has 0 saturated heterocycles. The van der Waals surface area contributed by atoms with Crippen molar-refractivity contribution in [3.05, 3.63) is 24.3 Å². The number of methoxy groups -OCH3 is 1. The van der Waals surface area contributed by atoms with Crippen molar-refractivity contribution >= 4 is 5.97 Å². The Bertz CT molecular complexity index is 422. The second-order valence-electron chi connectivity index (χ2n) is 5.03. The van der Waals surface area contributed by atoms with E-state index in [0.717, 1.165) is 17.9 Å². The van der Waals surface area contributed by atoms with Gasteiger partial charge in [-0.15, -0.1) is 0 Å². The van der Waals surface area contributed by atoms with Crippen LogP contribution < -0.4 is 15.2 Å². The number of carboxylic acids is 1. The highest BCUT2D eigenvalue weighted by atomic mass is 16.5. The van der Waals surface area contributed by atoms with Crippen LogP contribution in [0.15, 0.2) is 24.3 Å². The summed E-state index contributed by atoms with van der Waals surface area (Å²) in [5.41, 5.74) is 5.59. The van der Waals surface area contributed by atoms with E-state index in [4.69, 9.17) is 20.3 Å². The van der Waals surface area contributed by atoms with E-state index in [-0.39, 0.29) is 18.3 Å². The summed E-state index contributed by atoms with van der Waals surface area (Å²) in [6, 6.07) is 7.41. The van der Waals surface area contributed by atoms with Crippen LogP contribution in [0.3, 0.4) is 0 Å². The fourth-order valence-electron chi connectivity index (χ4n) is 2.08. The van der Waals surface area contributed by atoms with Gasteiger partial charge in [-0.05, 0) is 36.9 Å². The SMILES string of the molecule is COc1cccc(OC[C@@H](C)C[C@H](CN)CC(=O)O)c1. The first-order chi connectivity index (χ1) is 9.55. The number of hydrogen-bond donors (Lipinski definition) is 2. The molecule has 0 aliphatic rings. The first-order valence-electron chi connectivity index (χ1n) is 6.73. The van der Waals surface area contributed by atoms with Gasteiger partial charge in [-0.3, -0.25) is 4.79 Å². The van der Waals surface area contributed by atoms with Crippen LogP contribution >= 0.6 is 0 Å². The molecule has 2 atom stereocenters. The van der Waals surface area contributed by atoms with Crippen LogP contribution in [0.1, 0.15) is 19.8 Å². The zero-order valence-corrected chi connectivity index (χ0v) is 12.0. The number of carbonyl (C=O) groups is 1. The molecule has 0 spiro atoms. The highest BCUT2D eigenvalue weighted by molar-refractivity contribution is 5.67. The molecule has 112 valence electrons. The fraction of sp³-hybridized carbons (Fsp3) is 0.533. The van der Waals surface area contributed by atoms with Gasteiger partial charge in [0.05, 0.1) is 13.7 Å². The molecule has 5 nitrogen and oxygen atoms in total. The Morgan fingerprint density at radius 3 is 2.70 bits per heavy atom. The number of hydrogen-bond acceptors (Lipinski definition) is 4. The second-order valence-corrected chi connectivity index (χ2v) is 5.03. The minimum absolute atomic E-state index is 0.00332. The summed E-state index contributed by atoms with van der Waals surface area (Å²) in [5.74, 6) is 0.937. The number of aliphatic carboxylic acids is 1. The number of rotatable bonds is 9. The standard InChI is InChI=1S/C15H23NO4/c1-11(6-12(9-16)7-15(17)18)10-20-14-5-3-4-13(8-14)19-2/h3-5,8,11-12H,6-7,9-10,16H2,1-2H3,(H,17,18)/t11-,12-/m0/s1. The third-order valence-corrected chi connectivity index (χ3v) is 3.11. The van der Waals surface area contributed by atoms with Crippen molar-refractivity contribution in [1.82, 2.24) is 0 Å². The molecule has 5 heteroatoms. The molecular weight excluding hydrogens is 258 g/mol. The van der Waals surface area contributed by atoms with Crippen LogP contribution in [0.25, 0.3) is 0 Å². The minimum Gasteiger partial charge on any atom is -0.497 e. The third kappa shape index (κ3) is 5.93. The Kier molecular flexibility index (Phi) is 6.87. The van der Waals surface area contributed by atoms with Gasteiger partial charge in [-0.2, -0.15) is 0 Å². The monoisotopic (exact) mass is 281 g/mol. The van der Waals surface area contributed by atoms with E-state index in [2.05, 4.69) is 0 Å². The predicted molar refractivity (Wildman–Crippen MR) is 77.1 cm³/mol. The molecule has 0 fully saturated rings. The molecule has 0 heterocycles. The summed E-state index contributed by atoms with van der Waals surface area (Å²) in [5, 5.41) is 8.79. The highest BCUT2D eigenvalue weighted by Crippen LogP contribution is 2.21. The number of benzene rings is 1. The van der Waals surface area contributed by atoms with E-state index < -0.39 is 5.97 Å². The molecule has 0 aliphatic heterocycles. The number of carboxylic acid groups (broad SMARTS) is 1. The fourth-order valence-corrected chi connectivity index (χ4v) is 2.08. The Morgan fingerprint density at radius 2 is 2.10 bits per heavy atom. The van der Waals surface area contributed by atoms with Crippen molar-refractivity contribution in [3.63, 3.8) is 0 Å². The highest BCUT2D eigenvalue weighted by Gasteiger charge is 2.15. The van der Waals surface area contributed by atoms with E-state index in [1.165, 1.54) is 0 Å². The van der Waals surface area contributed by atoms with E-state index in [0.29, 0.717) is 13.2 Å². The maximum Gasteiger partial charge on any atom is 0.303 e. The third-order valence-electron chi connectivity index (χ3n) is 3.11. The summed E-state index contributed by atoms with van der Waals surface area (Å²) in [6.45, 7) is 2.95. The van der Waals surface area contributed by atoms with Gasteiger partial charge in [0.15, 0.2) is 0 Å². The lowest BCUT2D eigenvalue weighted by atomic mass is 9.94. The van der Waals surface area contributed by atoms with Crippen LogP contribution in [-0.4, -0.2) is 31.3 Å². The molecule has 0 unspecified atom stereocenters. The van der Waals surface area contributed by atoms with Crippen molar-refractivity contribution in [3.8, 4) is 11.5 Å². The number of nitrogens with two attached hydrogens (primary N) is 1. The lowest BCUT2D eigenvalue weighted by Crippen LogP contribution is -2.22. The van der Waals surface area contributed by atoms with E-state index in [1.54, 1.807) is 7.11 Å². The van der Waals surface area contributed by atoms with E-state index in [1.807, 2.05) is 31.2 Å². The summed E-state index contributed by atoms with van der Waals surface area (Å²) in [4.78, 5) is 10.7. The van der Waals surface area contributed by atoms with Crippen molar-refractivity contribution in [2.75, 3.05) is 20.3 Å². The largest absolute Gasteiger partial charge is 0.497 e. The Labute approximate surface area is 119 Å². The second kappa shape index (κ2) is 8.43. The molecule has 1 rings (SSSR count). The van der Waals surface area contributed by atoms with Gasteiger partial charge in [0.2, 0.25) is 0 Å². The van der Waals surface area contributed by atoms with E-state index >= 15 is 0 Å². The first-order valence-corrected chi connectivity index (χ1v) is 6.73. The average molecular weight is 281 g/mol. The zero-order chi connectivity index (χ0) is 15.0. The molecule has 0 saturated carbocycles. The molecular formula is C15H23NO4. The summed E-state index contributed by atoms with van der Waals surface area (Å²) in [6.07, 6.45) is 0.854. The summed E-state index contributed by atoms with van der Waals surface area (Å²) >= 11 is 0. The van der Waals surface area contributed by atoms with Crippen molar-refractivity contribution < 1.29 is 19.4 Å². The maximum atomic E-state index is 10.7. The predicted octanol–water partition coefficient (Wildman–Crippen LogP) is 2.15. The number of ether oxygens (including phenoxy) is 2. The van der Waals surface area contributed by atoms with Gasteiger partial charge in [0, 0.05) is 12.5 Å². The molecule has 0 amide bonds. The van der Waals surface area contributed by atoms with Crippen molar-refractivity contribution in [2.45, 2.75) is 19.8 Å². The Morgan fingerprint density at radius 1 is 1.40 bits per heavy atom. The molecule has 20 heavy (non-hydrogen) atoms. The van der Waals surface area contributed by atoms with Crippen LogP contribution in [0.2, 0.25) is 0 Å². The summed E-state index contributed by atoms with van der Waals surface area (Å²) in [7, 11) is 1.61. The molecule has 0 bridgehead atoms. The summed E-state index contributed by atoms with van der Waals surface area (Å²) < 4.78 is 10.8. The van der Waals surface area contributed by atoms with Gasteiger partial charge in [0.1, 0.15) is 11.5 Å². The van der Waals surface area contributed by atoms with Gasteiger partial charge < -0.3 is 20.3 Å². The molecule has 1 aromatic rings. The van der Waals surface area contributed by atoms with Crippen molar-refractivity contribution in [2.24, 2.45) is 17.6 Å². The Balaban J connectivity index is 2.41. The molecule has 1 aromatic carbocycles. The molecule has 3 N–H and O–H groups in total. The van der Waals surface area contributed by atoms with Gasteiger partial charge >= 0.3 is 5.97 Å². The molecule has 0 radical (unpaired) electrons. The lowest BCUT2D eigenvalue weighted by Gasteiger charge is -2.18. The quantitative estimate of drug-likeness (QED) is 0.724. The van der Waals surface area contributed by atoms with Crippen molar-refractivity contribution in [1.29, 1.82) is 0 Å². The average Bonchev–Trinajstić information content (AvgIpc) is 2.44. The van der Waals surface area contributed by atoms with E-state index in [9.17, 15) is 4.79 Å². The molecule has 0 aliphatic carbocycles. The molecule has 0 aromatic heterocycles. The minimum atomic E-state index is -0.804. The smallest absolute Gasteiger partial charge is 0.303 e. The van der Waals surface area contributed by atoms with Gasteiger partial charge in [0.25, 0.3) is 0 Å². The van der Waals surface area contributed by atoms with Crippen LogP contribution in [0, 0.1) is 11.8 Å². The topological polar surface area (TPSA) is 81.8 Å². The van der Waals surface area contributed by atoms with Crippen LogP contribution in [0.5, 0.6) is 11.5 Å². The Hall–Kier alpha value is -1.75.